The standard InChI is InChI=1S/C25H20N4O5/c1-16-23(30)22(18-7-6-10-21(15-18)34-2)24(28(27-16)19-8-4-3-5-9-19)26-25(31)17-11-13-20(14-12-17)29(32)33/h3-15H,1-2H3,(H,26,31). The highest BCUT2D eigenvalue weighted by atomic mass is 16.6. The number of nitrogens with one attached hydrogen (secondary N) is 1. The van der Waals surface area contributed by atoms with Crippen LogP contribution in [0.25, 0.3) is 16.8 Å². The predicted octanol–water partition coefficient (Wildman–Crippen LogP) is 4.38. The number of aromatic nitrogens is 2. The van der Waals surface area contributed by atoms with E-state index in [0.717, 1.165) is 0 Å². The van der Waals surface area contributed by atoms with E-state index in [0.29, 0.717) is 17.0 Å². The Kier molecular flexibility index (Phi) is 6.18. The van der Waals surface area contributed by atoms with Crippen LogP contribution < -0.4 is 15.5 Å². The van der Waals surface area contributed by atoms with Gasteiger partial charge in [-0.05, 0) is 48.9 Å². The maximum atomic E-state index is 13.3. The Morgan fingerprint density at radius 1 is 1.03 bits per heavy atom. The average Bonchev–Trinajstić information content (AvgIpc) is 2.86. The molecule has 1 N–H and O–H groups in total. The van der Waals surface area contributed by atoms with E-state index in [4.69, 9.17) is 4.74 Å². The highest BCUT2D eigenvalue weighted by Crippen LogP contribution is 2.30. The molecule has 34 heavy (non-hydrogen) atoms. The van der Waals surface area contributed by atoms with E-state index < -0.39 is 10.8 Å². The number of hydrogen-bond acceptors (Lipinski definition) is 6. The van der Waals surface area contributed by atoms with E-state index in [1.54, 1.807) is 43.3 Å². The molecule has 0 saturated carbocycles. The van der Waals surface area contributed by atoms with Crippen LogP contribution in [0.5, 0.6) is 5.75 Å². The molecule has 0 aliphatic rings. The molecule has 4 rings (SSSR count). The first-order chi connectivity index (χ1) is 16.4. The second-order valence-electron chi connectivity index (χ2n) is 7.38. The zero-order chi connectivity index (χ0) is 24.2. The van der Waals surface area contributed by atoms with Crippen molar-refractivity contribution in [3.8, 4) is 22.6 Å². The van der Waals surface area contributed by atoms with Crippen molar-refractivity contribution in [1.29, 1.82) is 0 Å². The Balaban J connectivity index is 1.91. The minimum Gasteiger partial charge on any atom is -0.497 e. The Hall–Kier alpha value is -4.79. The number of methoxy groups -OCH3 is 1. The van der Waals surface area contributed by atoms with Gasteiger partial charge in [0.2, 0.25) is 5.43 Å². The third-order valence-corrected chi connectivity index (χ3v) is 5.19. The van der Waals surface area contributed by atoms with Crippen molar-refractivity contribution in [2.24, 2.45) is 0 Å². The van der Waals surface area contributed by atoms with Crippen LogP contribution in [0.15, 0.2) is 83.7 Å². The summed E-state index contributed by atoms with van der Waals surface area (Å²) in [4.78, 5) is 36.8. The molecule has 0 spiro atoms. The van der Waals surface area contributed by atoms with Crippen molar-refractivity contribution in [2.75, 3.05) is 12.4 Å². The molecule has 4 aromatic rings. The fourth-order valence-electron chi connectivity index (χ4n) is 3.47. The van der Waals surface area contributed by atoms with Gasteiger partial charge >= 0.3 is 0 Å². The topological polar surface area (TPSA) is 116 Å². The monoisotopic (exact) mass is 456 g/mol. The number of nitrogens with zero attached hydrogens (tertiary/aromatic N) is 3. The van der Waals surface area contributed by atoms with Gasteiger partial charge < -0.3 is 10.1 Å². The number of nitro benzene ring substituents is 1. The maximum Gasteiger partial charge on any atom is 0.269 e. The molecule has 0 radical (unpaired) electrons. The Bertz CT molecular complexity index is 1430. The van der Waals surface area contributed by atoms with Crippen LogP contribution >= 0.6 is 0 Å². The third kappa shape index (κ3) is 4.40. The van der Waals surface area contributed by atoms with Gasteiger partial charge in [0, 0.05) is 17.7 Å². The largest absolute Gasteiger partial charge is 0.497 e. The summed E-state index contributed by atoms with van der Waals surface area (Å²) in [5, 5.41) is 18.2. The molecule has 0 atom stereocenters. The summed E-state index contributed by atoms with van der Waals surface area (Å²) in [5.41, 5.74) is 1.37. The number of nitro groups is 1. The molecule has 0 bridgehead atoms. The van der Waals surface area contributed by atoms with Gasteiger partial charge in [-0.2, -0.15) is 5.10 Å². The lowest BCUT2D eigenvalue weighted by Crippen LogP contribution is -2.25. The zero-order valence-corrected chi connectivity index (χ0v) is 18.4. The normalized spacial score (nSPS) is 10.5. The number of benzene rings is 3. The van der Waals surface area contributed by atoms with Crippen LogP contribution in [-0.2, 0) is 0 Å². The van der Waals surface area contributed by atoms with Crippen LogP contribution in [0.1, 0.15) is 16.1 Å². The number of carbonyl (C=O) groups is 1. The van der Waals surface area contributed by atoms with Gasteiger partial charge in [-0.3, -0.25) is 19.7 Å². The summed E-state index contributed by atoms with van der Waals surface area (Å²) in [6, 6.07) is 21.2. The van der Waals surface area contributed by atoms with Gasteiger partial charge in [-0.25, -0.2) is 4.68 Å². The first kappa shape index (κ1) is 22.4. The van der Waals surface area contributed by atoms with Crippen LogP contribution in [-0.4, -0.2) is 27.7 Å². The van der Waals surface area contributed by atoms with Crippen LogP contribution in [0.2, 0.25) is 0 Å². The average molecular weight is 456 g/mol. The Morgan fingerprint density at radius 2 is 1.74 bits per heavy atom. The minimum atomic E-state index is -0.547. The van der Waals surface area contributed by atoms with E-state index in [1.807, 2.05) is 18.2 Å². The second-order valence-corrected chi connectivity index (χ2v) is 7.38. The molecule has 0 fully saturated rings. The first-order valence-corrected chi connectivity index (χ1v) is 10.3. The number of ether oxygens (including phenoxy) is 1. The quantitative estimate of drug-likeness (QED) is 0.340. The summed E-state index contributed by atoms with van der Waals surface area (Å²) in [6.45, 7) is 1.60. The molecule has 1 amide bonds. The lowest BCUT2D eigenvalue weighted by Gasteiger charge is -2.18. The number of non-ortho nitro benzene ring substituents is 1. The number of aryl methyl sites for hydroxylation is 1. The van der Waals surface area contributed by atoms with Crippen molar-refractivity contribution in [3.05, 3.63) is 110 Å². The van der Waals surface area contributed by atoms with Gasteiger partial charge in [0.25, 0.3) is 11.6 Å². The molecular weight excluding hydrogens is 436 g/mol. The predicted molar refractivity (Wildman–Crippen MR) is 128 cm³/mol. The lowest BCUT2D eigenvalue weighted by molar-refractivity contribution is -0.384. The van der Waals surface area contributed by atoms with Crippen molar-refractivity contribution in [1.82, 2.24) is 9.78 Å². The lowest BCUT2D eigenvalue weighted by atomic mass is 10.0. The molecule has 170 valence electrons. The van der Waals surface area contributed by atoms with Crippen molar-refractivity contribution in [2.45, 2.75) is 6.92 Å². The second kappa shape index (κ2) is 9.37. The van der Waals surface area contributed by atoms with Gasteiger partial charge in [0.1, 0.15) is 17.3 Å². The Labute approximate surface area is 194 Å². The molecular formula is C25H20N4O5. The summed E-state index contributed by atoms with van der Waals surface area (Å²) in [7, 11) is 1.52. The van der Waals surface area contributed by atoms with E-state index in [2.05, 4.69) is 10.4 Å². The van der Waals surface area contributed by atoms with Gasteiger partial charge in [0.05, 0.1) is 23.3 Å². The number of rotatable bonds is 6. The van der Waals surface area contributed by atoms with E-state index in [1.165, 1.54) is 36.1 Å². The van der Waals surface area contributed by atoms with Crippen molar-refractivity contribution >= 4 is 17.4 Å². The molecule has 0 saturated heterocycles. The molecule has 0 aliphatic carbocycles. The first-order valence-electron chi connectivity index (χ1n) is 10.3. The van der Waals surface area contributed by atoms with E-state index >= 15 is 0 Å². The minimum absolute atomic E-state index is 0.133. The summed E-state index contributed by atoms with van der Waals surface area (Å²) < 4.78 is 6.81. The Morgan fingerprint density at radius 3 is 2.38 bits per heavy atom. The number of hydrogen-bond donors (Lipinski definition) is 1. The summed E-state index contributed by atoms with van der Waals surface area (Å²) >= 11 is 0. The molecule has 0 aliphatic heterocycles. The number of para-hydroxylation sites is 1. The molecule has 1 heterocycles. The SMILES string of the molecule is COc1cccc(-c2c(NC(=O)c3ccc([N+](=O)[O-])cc3)n(-c3ccccc3)nc(C)c2=O)c1. The van der Waals surface area contributed by atoms with Crippen LogP contribution in [0.3, 0.4) is 0 Å². The van der Waals surface area contributed by atoms with Gasteiger partial charge in [0.15, 0.2) is 0 Å². The molecule has 3 aromatic carbocycles. The van der Waals surface area contributed by atoms with Gasteiger partial charge in [-0.15, -0.1) is 0 Å². The highest BCUT2D eigenvalue weighted by molar-refractivity contribution is 6.06. The maximum absolute atomic E-state index is 13.3. The van der Waals surface area contributed by atoms with E-state index in [9.17, 15) is 19.7 Å². The summed E-state index contributed by atoms with van der Waals surface area (Å²) in [6.07, 6.45) is 0. The van der Waals surface area contributed by atoms with Crippen LogP contribution in [0, 0.1) is 17.0 Å². The molecule has 9 heteroatoms. The number of amides is 1. The number of anilines is 1. The van der Waals surface area contributed by atoms with Gasteiger partial charge in [-0.1, -0.05) is 30.3 Å². The fourth-order valence-corrected chi connectivity index (χ4v) is 3.47. The van der Waals surface area contributed by atoms with Crippen molar-refractivity contribution < 1.29 is 14.5 Å². The fraction of sp³-hybridized carbons (Fsp3) is 0.0800. The highest BCUT2D eigenvalue weighted by Gasteiger charge is 2.21. The smallest absolute Gasteiger partial charge is 0.269 e. The van der Waals surface area contributed by atoms with Crippen molar-refractivity contribution in [3.63, 3.8) is 0 Å². The molecule has 9 nitrogen and oxygen atoms in total. The van der Waals surface area contributed by atoms with E-state index in [-0.39, 0.29) is 33.8 Å². The summed E-state index contributed by atoms with van der Waals surface area (Å²) in [5.74, 6) is 0.164. The zero-order valence-electron chi connectivity index (χ0n) is 18.4. The number of carbonyl (C=O) groups excluding carboxylic acids is 1. The third-order valence-electron chi connectivity index (χ3n) is 5.19. The van der Waals surface area contributed by atoms with Crippen LogP contribution in [0.4, 0.5) is 11.5 Å². The molecule has 0 unspecified atom stereocenters. The molecule has 1 aromatic heterocycles.